The fraction of sp³-hybridized carbons (Fsp3) is 0.133. The van der Waals surface area contributed by atoms with Crippen LogP contribution in [-0.2, 0) is 0 Å². The van der Waals surface area contributed by atoms with E-state index in [1.807, 2.05) is 6.92 Å². The number of hydrogen-bond donors (Lipinski definition) is 2. The van der Waals surface area contributed by atoms with E-state index >= 15 is 0 Å². The molecule has 20 heavy (non-hydrogen) atoms. The standard InChI is InChI=1S/C15H14ClFN2O/c1-9(10-2-4-13(17)5-3-10)19-15(20)11-6-12(16)8-14(18)7-11/h2-9H,18H2,1H3,(H,19,20). The summed E-state index contributed by atoms with van der Waals surface area (Å²) < 4.78 is 12.9. The second-order valence-corrected chi connectivity index (χ2v) is 4.96. The highest BCUT2D eigenvalue weighted by Crippen LogP contribution is 2.18. The Kier molecular flexibility index (Phi) is 4.25. The van der Waals surface area contributed by atoms with Crippen molar-refractivity contribution in [2.45, 2.75) is 13.0 Å². The summed E-state index contributed by atoms with van der Waals surface area (Å²) in [6.45, 7) is 1.82. The number of benzene rings is 2. The van der Waals surface area contributed by atoms with Gasteiger partial charge < -0.3 is 11.1 Å². The number of amides is 1. The lowest BCUT2D eigenvalue weighted by Crippen LogP contribution is -2.26. The Bertz CT molecular complexity index is 608. The molecule has 0 saturated heterocycles. The zero-order valence-corrected chi connectivity index (χ0v) is 11.6. The minimum atomic E-state index is -0.310. The molecule has 1 atom stereocenters. The number of anilines is 1. The van der Waals surface area contributed by atoms with Crippen molar-refractivity contribution in [3.8, 4) is 0 Å². The number of nitrogens with two attached hydrogens (primary N) is 1. The van der Waals surface area contributed by atoms with Crippen LogP contribution in [0.15, 0.2) is 42.5 Å². The smallest absolute Gasteiger partial charge is 0.251 e. The molecule has 0 bridgehead atoms. The summed E-state index contributed by atoms with van der Waals surface area (Å²) >= 11 is 5.86. The van der Waals surface area contributed by atoms with Crippen LogP contribution < -0.4 is 11.1 Å². The van der Waals surface area contributed by atoms with Crippen molar-refractivity contribution in [2.24, 2.45) is 0 Å². The fourth-order valence-corrected chi connectivity index (χ4v) is 2.10. The summed E-state index contributed by atoms with van der Waals surface area (Å²) in [6.07, 6.45) is 0. The summed E-state index contributed by atoms with van der Waals surface area (Å²) in [5, 5.41) is 3.22. The maximum absolute atomic E-state index is 12.9. The summed E-state index contributed by atoms with van der Waals surface area (Å²) in [6, 6.07) is 10.4. The van der Waals surface area contributed by atoms with Gasteiger partial charge in [0.15, 0.2) is 0 Å². The molecule has 1 unspecified atom stereocenters. The van der Waals surface area contributed by atoms with Crippen molar-refractivity contribution in [3.05, 3.63) is 64.4 Å². The normalized spacial score (nSPS) is 11.9. The first-order chi connectivity index (χ1) is 9.45. The summed E-state index contributed by atoms with van der Waals surface area (Å²) in [5.41, 5.74) is 7.28. The highest BCUT2D eigenvalue weighted by atomic mass is 35.5. The van der Waals surface area contributed by atoms with Gasteiger partial charge in [-0.15, -0.1) is 0 Å². The van der Waals surface area contributed by atoms with E-state index in [0.717, 1.165) is 5.56 Å². The second-order valence-electron chi connectivity index (χ2n) is 4.52. The second kappa shape index (κ2) is 5.92. The molecule has 0 aliphatic rings. The number of hydrogen-bond acceptors (Lipinski definition) is 2. The number of nitrogen functional groups attached to an aromatic ring is 1. The maximum atomic E-state index is 12.9. The molecule has 0 radical (unpaired) electrons. The largest absolute Gasteiger partial charge is 0.399 e. The molecule has 2 aromatic rings. The first-order valence-electron chi connectivity index (χ1n) is 6.08. The predicted octanol–water partition coefficient (Wildman–Crippen LogP) is 3.55. The van der Waals surface area contributed by atoms with Gasteiger partial charge in [0.25, 0.3) is 5.91 Å². The minimum absolute atomic E-state index is 0.247. The van der Waals surface area contributed by atoms with Crippen molar-refractivity contribution in [2.75, 3.05) is 5.73 Å². The van der Waals surface area contributed by atoms with Crippen molar-refractivity contribution in [1.29, 1.82) is 0 Å². The molecule has 0 aliphatic carbocycles. The zero-order valence-electron chi connectivity index (χ0n) is 10.9. The third-order valence-electron chi connectivity index (χ3n) is 2.90. The van der Waals surface area contributed by atoms with E-state index in [-0.39, 0.29) is 17.8 Å². The van der Waals surface area contributed by atoms with Gasteiger partial charge >= 0.3 is 0 Å². The van der Waals surface area contributed by atoms with Gasteiger partial charge in [-0.3, -0.25) is 4.79 Å². The van der Waals surface area contributed by atoms with Crippen molar-refractivity contribution < 1.29 is 9.18 Å². The van der Waals surface area contributed by atoms with Gasteiger partial charge in [-0.25, -0.2) is 4.39 Å². The quantitative estimate of drug-likeness (QED) is 0.850. The van der Waals surface area contributed by atoms with Gasteiger partial charge in [0.05, 0.1) is 6.04 Å². The van der Waals surface area contributed by atoms with Crippen LogP contribution in [0.1, 0.15) is 28.9 Å². The molecule has 3 N–H and O–H groups in total. The lowest BCUT2D eigenvalue weighted by Gasteiger charge is -2.14. The molecule has 0 spiro atoms. The third-order valence-corrected chi connectivity index (χ3v) is 3.12. The first kappa shape index (κ1) is 14.3. The monoisotopic (exact) mass is 292 g/mol. The molecular formula is C15H14ClFN2O. The average molecular weight is 293 g/mol. The van der Waals surface area contributed by atoms with Crippen LogP contribution in [0, 0.1) is 5.82 Å². The summed E-state index contributed by atoms with van der Waals surface area (Å²) in [5.74, 6) is -0.592. The lowest BCUT2D eigenvalue weighted by molar-refractivity contribution is 0.0940. The van der Waals surface area contributed by atoms with Crippen LogP contribution in [-0.4, -0.2) is 5.91 Å². The van der Waals surface area contributed by atoms with Crippen molar-refractivity contribution in [1.82, 2.24) is 5.32 Å². The molecular weight excluding hydrogens is 279 g/mol. The number of carbonyl (C=O) groups excluding carboxylic acids is 1. The zero-order chi connectivity index (χ0) is 14.7. The highest BCUT2D eigenvalue weighted by molar-refractivity contribution is 6.31. The van der Waals surface area contributed by atoms with E-state index < -0.39 is 0 Å². The van der Waals surface area contributed by atoms with E-state index in [9.17, 15) is 9.18 Å². The lowest BCUT2D eigenvalue weighted by atomic mass is 10.1. The molecule has 2 rings (SSSR count). The molecule has 0 saturated carbocycles. The molecule has 0 aromatic heterocycles. The number of halogens is 2. The molecule has 1 amide bonds. The fourth-order valence-electron chi connectivity index (χ4n) is 1.86. The van der Waals surface area contributed by atoms with E-state index in [2.05, 4.69) is 5.32 Å². The highest BCUT2D eigenvalue weighted by Gasteiger charge is 2.12. The number of nitrogens with one attached hydrogen (secondary N) is 1. The van der Waals surface area contributed by atoms with E-state index in [4.69, 9.17) is 17.3 Å². The van der Waals surface area contributed by atoms with E-state index in [0.29, 0.717) is 16.3 Å². The minimum Gasteiger partial charge on any atom is -0.399 e. The Morgan fingerprint density at radius 1 is 1.25 bits per heavy atom. The van der Waals surface area contributed by atoms with Gasteiger partial charge in [-0.2, -0.15) is 0 Å². The van der Waals surface area contributed by atoms with Crippen LogP contribution in [0.4, 0.5) is 10.1 Å². The molecule has 104 valence electrons. The molecule has 0 aliphatic heterocycles. The molecule has 0 heterocycles. The van der Waals surface area contributed by atoms with Crippen molar-refractivity contribution in [3.63, 3.8) is 0 Å². The summed E-state index contributed by atoms with van der Waals surface area (Å²) in [4.78, 5) is 12.1. The average Bonchev–Trinajstić information content (AvgIpc) is 2.38. The van der Waals surface area contributed by atoms with Gasteiger partial charge in [0.1, 0.15) is 5.82 Å². The molecule has 0 fully saturated rings. The number of carbonyl (C=O) groups is 1. The van der Waals surface area contributed by atoms with Crippen LogP contribution in [0.3, 0.4) is 0 Å². The predicted molar refractivity (Wildman–Crippen MR) is 78.1 cm³/mol. The van der Waals surface area contributed by atoms with Gasteiger partial charge in [0.2, 0.25) is 0 Å². The van der Waals surface area contributed by atoms with Gasteiger partial charge in [-0.05, 0) is 42.8 Å². The Balaban J connectivity index is 2.12. The third kappa shape index (κ3) is 3.48. The van der Waals surface area contributed by atoms with Crippen LogP contribution >= 0.6 is 11.6 Å². The molecule has 5 heteroatoms. The van der Waals surface area contributed by atoms with E-state index in [1.54, 1.807) is 30.3 Å². The molecule has 3 nitrogen and oxygen atoms in total. The Labute approximate surface area is 121 Å². The topological polar surface area (TPSA) is 55.1 Å². The van der Waals surface area contributed by atoms with Crippen LogP contribution in [0.25, 0.3) is 0 Å². The van der Waals surface area contributed by atoms with Crippen LogP contribution in [0.5, 0.6) is 0 Å². The van der Waals surface area contributed by atoms with Gasteiger partial charge in [-0.1, -0.05) is 23.7 Å². The number of rotatable bonds is 3. The van der Waals surface area contributed by atoms with Crippen molar-refractivity contribution >= 4 is 23.2 Å². The van der Waals surface area contributed by atoms with E-state index in [1.165, 1.54) is 12.1 Å². The van der Waals surface area contributed by atoms with Gasteiger partial charge in [0, 0.05) is 16.3 Å². The maximum Gasteiger partial charge on any atom is 0.251 e. The van der Waals surface area contributed by atoms with Crippen LogP contribution in [0.2, 0.25) is 5.02 Å². The molecule has 2 aromatic carbocycles. The SMILES string of the molecule is CC(NC(=O)c1cc(N)cc(Cl)c1)c1ccc(F)cc1. The summed E-state index contributed by atoms with van der Waals surface area (Å²) in [7, 11) is 0. The Morgan fingerprint density at radius 2 is 1.90 bits per heavy atom. The first-order valence-corrected chi connectivity index (χ1v) is 6.46. The Hall–Kier alpha value is -2.07. The Morgan fingerprint density at radius 3 is 2.50 bits per heavy atom.